The molecule has 2 rings (SSSR count). The Morgan fingerprint density at radius 2 is 2.31 bits per heavy atom. The molecule has 0 amide bonds. The summed E-state index contributed by atoms with van der Waals surface area (Å²) in [7, 11) is -3.41. The Labute approximate surface area is 95.4 Å². The molecule has 0 bridgehead atoms. The zero-order chi connectivity index (χ0) is 11.6. The van der Waals surface area contributed by atoms with Crippen molar-refractivity contribution in [3.63, 3.8) is 0 Å². The van der Waals surface area contributed by atoms with E-state index in [1.165, 1.54) is 11.6 Å². The molecular formula is C11H14N2O2S. The minimum Gasteiger partial charge on any atom is -0.384 e. The summed E-state index contributed by atoms with van der Waals surface area (Å²) in [6.45, 7) is 4.59. The average Bonchev–Trinajstić information content (AvgIpc) is 2.73. The number of hydrogen-bond donors (Lipinski definition) is 2. The highest BCUT2D eigenvalue weighted by molar-refractivity contribution is 7.89. The lowest BCUT2D eigenvalue weighted by Gasteiger charge is -2.06. The molecule has 86 valence electrons. The minimum atomic E-state index is -3.41. The maximum absolute atomic E-state index is 11.8. The number of benzene rings is 1. The largest absolute Gasteiger partial charge is 0.384 e. The number of anilines is 1. The van der Waals surface area contributed by atoms with Gasteiger partial charge < -0.3 is 5.32 Å². The van der Waals surface area contributed by atoms with Crippen molar-refractivity contribution < 1.29 is 8.42 Å². The van der Waals surface area contributed by atoms with Gasteiger partial charge in [0, 0.05) is 18.8 Å². The molecule has 4 nitrogen and oxygen atoms in total. The monoisotopic (exact) mass is 238 g/mol. The predicted molar refractivity (Wildman–Crippen MR) is 64.0 cm³/mol. The molecular weight excluding hydrogens is 224 g/mol. The molecule has 0 aromatic heterocycles. The van der Waals surface area contributed by atoms with E-state index in [0.717, 1.165) is 18.7 Å². The highest BCUT2D eigenvalue weighted by Gasteiger charge is 2.17. The van der Waals surface area contributed by atoms with Gasteiger partial charge in [0.2, 0.25) is 10.0 Å². The Kier molecular flexibility index (Phi) is 2.98. The molecule has 0 radical (unpaired) electrons. The number of rotatable bonds is 4. The summed E-state index contributed by atoms with van der Waals surface area (Å²) in [6, 6.07) is 5.17. The van der Waals surface area contributed by atoms with Gasteiger partial charge in [0.15, 0.2) is 0 Å². The number of nitrogens with one attached hydrogen (secondary N) is 2. The predicted octanol–water partition coefficient (Wildman–Crippen LogP) is 1.12. The molecule has 1 aromatic carbocycles. The second kappa shape index (κ2) is 4.27. The molecule has 0 saturated heterocycles. The van der Waals surface area contributed by atoms with Crippen LogP contribution in [0.25, 0.3) is 0 Å². The van der Waals surface area contributed by atoms with Gasteiger partial charge in [0.05, 0.1) is 4.90 Å². The van der Waals surface area contributed by atoms with E-state index in [1.54, 1.807) is 12.1 Å². The third kappa shape index (κ3) is 2.10. The molecule has 0 aliphatic carbocycles. The summed E-state index contributed by atoms with van der Waals surface area (Å²) in [5.74, 6) is 0. The fourth-order valence-electron chi connectivity index (χ4n) is 1.69. The lowest BCUT2D eigenvalue weighted by atomic mass is 10.2. The Morgan fingerprint density at radius 3 is 3.06 bits per heavy atom. The maximum atomic E-state index is 11.8. The van der Waals surface area contributed by atoms with Crippen LogP contribution in [0.5, 0.6) is 0 Å². The normalized spacial score (nSPS) is 14.2. The summed E-state index contributed by atoms with van der Waals surface area (Å²) in [6.07, 6.45) is 2.47. The van der Waals surface area contributed by atoms with Crippen molar-refractivity contribution in [2.45, 2.75) is 11.3 Å². The van der Waals surface area contributed by atoms with Crippen LogP contribution < -0.4 is 10.0 Å². The van der Waals surface area contributed by atoms with Crippen LogP contribution in [0.3, 0.4) is 0 Å². The van der Waals surface area contributed by atoms with Gasteiger partial charge in [-0.25, -0.2) is 13.1 Å². The third-order valence-corrected chi connectivity index (χ3v) is 3.94. The SMILES string of the molecule is C=CCNS(=O)(=O)c1ccc2c(c1)NCC2. The van der Waals surface area contributed by atoms with Crippen molar-refractivity contribution in [1.29, 1.82) is 0 Å². The fourth-order valence-corrected chi connectivity index (χ4v) is 2.71. The van der Waals surface area contributed by atoms with Gasteiger partial charge in [-0.1, -0.05) is 12.1 Å². The van der Waals surface area contributed by atoms with Crippen molar-refractivity contribution in [2.75, 3.05) is 18.4 Å². The number of fused-ring (bicyclic) bond motifs is 1. The quantitative estimate of drug-likeness (QED) is 0.773. The summed E-state index contributed by atoms with van der Waals surface area (Å²) in [5, 5.41) is 3.16. The number of hydrogen-bond acceptors (Lipinski definition) is 3. The lowest BCUT2D eigenvalue weighted by Crippen LogP contribution is -2.23. The molecule has 1 aromatic rings. The second-order valence-corrected chi connectivity index (χ2v) is 5.40. The zero-order valence-corrected chi connectivity index (χ0v) is 9.68. The molecule has 1 aliphatic heterocycles. The first-order valence-electron chi connectivity index (χ1n) is 5.11. The minimum absolute atomic E-state index is 0.243. The smallest absolute Gasteiger partial charge is 0.240 e. The Bertz CT molecular complexity index is 509. The Balaban J connectivity index is 2.30. The van der Waals surface area contributed by atoms with Gasteiger partial charge >= 0.3 is 0 Å². The molecule has 2 N–H and O–H groups in total. The molecule has 16 heavy (non-hydrogen) atoms. The van der Waals surface area contributed by atoms with Crippen LogP contribution in [0.2, 0.25) is 0 Å². The zero-order valence-electron chi connectivity index (χ0n) is 8.86. The Hall–Kier alpha value is -1.33. The van der Waals surface area contributed by atoms with Crippen molar-refractivity contribution in [1.82, 2.24) is 4.72 Å². The summed E-state index contributed by atoms with van der Waals surface area (Å²) >= 11 is 0. The first-order chi connectivity index (χ1) is 7.63. The second-order valence-electron chi connectivity index (χ2n) is 3.64. The molecule has 0 unspecified atom stereocenters. The van der Waals surface area contributed by atoms with Gasteiger partial charge in [-0.15, -0.1) is 6.58 Å². The van der Waals surface area contributed by atoms with E-state index >= 15 is 0 Å². The molecule has 0 atom stereocenters. The van der Waals surface area contributed by atoms with E-state index in [2.05, 4.69) is 16.6 Å². The van der Waals surface area contributed by atoms with Gasteiger partial charge in [-0.2, -0.15) is 0 Å². The third-order valence-electron chi connectivity index (χ3n) is 2.52. The molecule has 5 heteroatoms. The Morgan fingerprint density at radius 1 is 1.50 bits per heavy atom. The maximum Gasteiger partial charge on any atom is 0.240 e. The van der Waals surface area contributed by atoms with Crippen LogP contribution in [-0.4, -0.2) is 21.5 Å². The van der Waals surface area contributed by atoms with E-state index in [0.29, 0.717) is 4.90 Å². The summed E-state index contributed by atoms with van der Waals surface area (Å²) in [5.41, 5.74) is 2.09. The van der Waals surface area contributed by atoms with E-state index in [-0.39, 0.29) is 6.54 Å². The standard InChI is InChI=1S/C11H14N2O2S/c1-2-6-13-16(14,15)10-4-3-9-5-7-12-11(9)8-10/h2-4,8,12-13H,1,5-7H2. The molecule has 0 spiro atoms. The van der Waals surface area contributed by atoms with Crippen molar-refractivity contribution >= 4 is 15.7 Å². The number of sulfonamides is 1. The topological polar surface area (TPSA) is 58.2 Å². The van der Waals surface area contributed by atoms with E-state index in [4.69, 9.17) is 0 Å². The first-order valence-corrected chi connectivity index (χ1v) is 6.59. The molecule has 0 saturated carbocycles. The van der Waals surface area contributed by atoms with E-state index < -0.39 is 10.0 Å². The van der Waals surface area contributed by atoms with E-state index in [9.17, 15) is 8.42 Å². The van der Waals surface area contributed by atoms with Crippen molar-refractivity contribution in [2.24, 2.45) is 0 Å². The van der Waals surface area contributed by atoms with Crippen LogP contribution in [0.15, 0.2) is 35.7 Å². The molecule has 1 aliphatic rings. The first kappa shape index (κ1) is 11.2. The lowest BCUT2D eigenvalue weighted by molar-refractivity contribution is 0.585. The van der Waals surface area contributed by atoms with Crippen LogP contribution in [0, 0.1) is 0 Å². The highest BCUT2D eigenvalue weighted by atomic mass is 32.2. The highest BCUT2D eigenvalue weighted by Crippen LogP contribution is 2.25. The molecule has 1 heterocycles. The van der Waals surface area contributed by atoms with E-state index in [1.807, 2.05) is 6.07 Å². The summed E-state index contributed by atoms with van der Waals surface area (Å²) in [4.78, 5) is 0.294. The molecule has 0 fully saturated rings. The van der Waals surface area contributed by atoms with Gasteiger partial charge in [-0.05, 0) is 24.1 Å². The van der Waals surface area contributed by atoms with Gasteiger partial charge in [-0.3, -0.25) is 0 Å². The van der Waals surface area contributed by atoms with Crippen molar-refractivity contribution in [3.05, 3.63) is 36.4 Å². The van der Waals surface area contributed by atoms with Crippen LogP contribution in [0.4, 0.5) is 5.69 Å². The van der Waals surface area contributed by atoms with Crippen LogP contribution >= 0.6 is 0 Å². The average molecular weight is 238 g/mol. The summed E-state index contributed by atoms with van der Waals surface area (Å²) < 4.78 is 26.1. The van der Waals surface area contributed by atoms with Gasteiger partial charge in [0.25, 0.3) is 0 Å². The fraction of sp³-hybridized carbons (Fsp3) is 0.273. The van der Waals surface area contributed by atoms with Gasteiger partial charge in [0.1, 0.15) is 0 Å². The van der Waals surface area contributed by atoms with Crippen molar-refractivity contribution in [3.8, 4) is 0 Å². The van der Waals surface area contributed by atoms with Crippen LogP contribution in [0.1, 0.15) is 5.56 Å². The van der Waals surface area contributed by atoms with Crippen LogP contribution in [-0.2, 0) is 16.4 Å².